The molecule has 7 heteroatoms. The Morgan fingerprint density at radius 1 is 1.37 bits per heavy atom. The van der Waals surface area contributed by atoms with Gasteiger partial charge in [-0.25, -0.2) is 4.79 Å². The zero-order valence-corrected chi connectivity index (χ0v) is 11.5. The summed E-state index contributed by atoms with van der Waals surface area (Å²) in [5.41, 5.74) is 0. The molecule has 1 N–H and O–H groups in total. The average Bonchev–Trinajstić information content (AvgIpc) is 2.86. The number of nitrogens with one attached hydrogen (secondary N) is 1. The van der Waals surface area contributed by atoms with Crippen molar-refractivity contribution in [2.45, 2.75) is 13.0 Å². The number of likely N-dealkylation sites (tertiary alicyclic amines) is 1. The highest BCUT2D eigenvalue weighted by molar-refractivity contribution is 6.04. The number of hydrogen-bond donors (Lipinski definition) is 1. The molecule has 0 spiro atoms. The molecule has 106 valence electrons. The first-order valence-electron chi connectivity index (χ1n) is 6.42. The minimum absolute atomic E-state index is 0.0111. The van der Waals surface area contributed by atoms with Gasteiger partial charge in [0.1, 0.15) is 6.54 Å². The van der Waals surface area contributed by atoms with Crippen molar-refractivity contribution >= 4 is 17.8 Å². The highest BCUT2D eigenvalue weighted by atomic mass is 16.2. The molecule has 19 heavy (non-hydrogen) atoms. The van der Waals surface area contributed by atoms with Gasteiger partial charge in [-0.1, -0.05) is 6.92 Å². The topological polar surface area (TPSA) is 73.0 Å². The number of carbonyl (C=O) groups is 3. The molecule has 2 fully saturated rings. The van der Waals surface area contributed by atoms with Crippen molar-refractivity contribution in [3.8, 4) is 0 Å². The molecule has 0 aromatic heterocycles. The molecular weight excluding hydrogens is 248 g/mol. The molecule has 2 rings (SSSR count). The smallest absolute Gasteiger partial charge is 0.325 e. The molecule has 2 atom stereocenters. The number of amides is 4. The van der Waals surface area contributed by atoms with E-state index in [1.54, 1.807) is 4.90 Å². The lowest BCUT2D eigenvalue weighted by molar-refractivity contribution is -0.135. The molecule has 2 aliphatic heterocycles. The van der Waals surface area contributed by atoms with Crippen molar-refractivity contribution < 1.29 is 14.4 Å². The summed E-state index contributed by atoms with van der Waals surface area (Å²) in [4.78, 5) is 39.8. The van der Waals surface area contributed by atoms with Crippen LogP contribution in [0.3, 0.4) is 0 Å². The SMILES string of the molecule is C[C@@H]1CN(C(=O)CN2C(=O)CNC2=O)C[C@@H]1N(C)C. The van der Waals surface area contributed by atoms with Crippen LogP contribution >= 0.6 is 0 Å². The molecule has 0 radical (unpaired) electrons. The lowest BCUT2D eigenvalue weighted by atomic mass is 10.1. The van der Waals surface area contributed by atoms with Gasteiger partial charge in [-0.2, -0.15) is 0 Å². The van der Waals surface area contributed by atoms with Crippen LogP contribution in [0.5, 0.6) is 0 Å². The third-order valence-electron chi connectivity index (χ3n) is 3.82. The Kier molecular flexibility index (Phi) is 3.75. The van der Waals surface area contributed by atoms with E-state index in [0.717, 1.165) is 4.90 Å². The van der Waals surface area contributed by atoms with E-state index in [4.69, 9.17) is 0 Å². The van der Waals surface area contributed by atoms with Crippen molar-refractivity contribution in [1.29, 1.82) is 0 Å². The van der Waals surface area contributed by atoms with Gasteiger partial charge in [0.2, 0.25) is 5.91 Å². The van der Waals surface area contributed by atoms with Crippen LogP contribution in [0.25, 0.3) is 0 Å². The molecule has 0 bridgehead atoms. The number of urea groups is 1. The van der Waals surface area contributed by atoms with Crippen LogP contribution in [0, 0.1) is 5.92 Å². The van der Waals surface area contributed by atoms with Crippen LogP contribution in [0.4, 0.5) is 4.79 Å². The molecular formula is C12H20N4O3. The second kappa shape index (κ2) is 5.16. The standard InChI is InChI=1S/C12H20N4O3/c1-8-5-15(6-9(8)14(2)3)11(18)7-16-10(17)4-13-12(16)19/h8-9H,4-7H2,1-3H3,(H,13,19)/t8-,9+/m1/s1. The summed E-state index contributed by atoms with van der Waals surface area (Å²) < 4.78 is 0. The average molecular weight is 268 g/mol. The van der Waals surface area contributed by atoms with Crippen molar-refractivity contribution in [2.24, 2.45) is 5.92 Å². The maximum atomic E-state index is 12.1. The van der Waals surface area contributed by atoms with Crippen molar-refractivity contribution in [2.75, 3.05) is 40.3 Å². The number of hydrogen-bond acceptors (Lipinski definition) is 4. The Morgan fingerprint density at radius 2 is 2.05 bits per heavy atom. The monoisotopic (exact) mass is 268 g/mol. The Bertz CT molecular complexity index is 394. The summed E-state index contributed by atoms with van der Waals surface area (Å²) in [6.07, 6.45) is 0. The highest BCUT2D eigenvalue weighted by Crippen LogP contribution is 2.20. The molecule has 0 aromatic rings. The van der Waals surface area contributed by atoms with Crippen LogP contribution in [0.1, 0.15) is 6.92 Å². The van der Waals surface area contributed by atoms with Crippen LogP contribution in [-0.2, 0) is 9.59 Å². The van der Waals surface area contributed by atoms with E-state index in [9.17, 15) is 14.4 Å². The highest BCUT2D eigenvalue weighted by Gasteiger charge is 2.36. The predicted molar refractivity (Wildman–Crippen MR) is 68.3 cm³/mol. The Balaban J connectivity index is 1.94. The molecule has 7 nitrogen and oxygen atoms in total. The molecule has 0 saturated carbocycles. The molecule has 0 unspecified atom stereocenters. The van der Waals surface area contributed by atoms with Gasteiger partial charge < -0.3 is 15.1 Å². The Morgan fingerprint density at radius 3 is 2.53 bits per heavy atom. The van der Waals surface area contributed by atoms with Gasteiger partial charge in [-0.15, -0.1) is 0 Å². The Labute approximate surface area is 112 Å². The number of carbonyl (C=O) groups excluding carboxylic acids is 3. The van der Waals surface area contributed by atoms with Gasteiger partial charge in [0, 0.05) is 19.1 Å². The van der Waals surface area contributed by atoms with Crippen molar-refractivity contribution in [3.05, 3.63) is 0 Å². The summed E-state index contributed by atoms with van der Waals surface area (Å²) in [6.45, 7) is 3.26. The van der Waals surface area contributed by atoms with E-state index in [1.165, 1.54) is 0 Å². The van der Waals surface area contributed by atoms with Gasteiger partial charge >= 0.3 is 6.03 Å². The fourth-order valence-corrected chi connectivity index (χ4v) is 2.68. The number of rotatable bonds is 3. The number of nitrogens with zero attached hydrogens (tertiary/aromatic N) is 3. The lowest BCUT2D eigenvalue weighted by Gasteiger charge is -2.23. The predicted octanol–water partition coefficient (Wildman–Crippen LogP) is -1.05. The van der Waals surface area contributed by atoms with Crippen LogP contribution < -0.4 is 5.32 Å². The molecule has 2 heterocycles. The number of likely N-dealkylation sites (N-methyl/N-ethyl adjacent to an activating group) is 1. The van der Waals surface area contributed by atoms with Gasteiger partial charge in [0.15, 0.2) is 0 Å². The van der Waals surface area contributed by atoms with E-state index in [2.05, 4.69) is 17.1 Å². The maximum absolute atomic E-state index is 12.1. The summed E-state index contributed by atoms with van der Waals surface area (Å²) in [5.74, 6) is -0.113. The zero-order chi connectivity index (χ0) is 14.2. The summed E-state index contributed by atoms with van der Waals surface area (Å²) in [5, 5.41) is 2.41. The van der Waals surface area contributed by atoms with Crippen molar-refractivity contribution in [1.82, 2.24) is 20.0 Å². The fraction of sp³-hybridized carbons (Fsp3) is 0.750. The third-order valence-corrected chi connectivity index (χ3v) is 3.82. The van der Waals surface area contributed by atoms with Crippen LogP contribution in [0.2, 0.25) is 0 Å². The summed E-state index contributed by atoms with van der Waals surface area (Å²) in [7, 11) is 3.99. The lowest BCUT2D eigenvalue weighted by Crippen LogP contribution is -2.43. The molecule has 2 saturated heterocycles. The minimum Gasteiger partial charge on any atom is -0.339 e. The summed E-state index contributed by atoms with van der Waals surface area (Å²) >= 11 is 0. The maximum Gasteiger partial charge on any atom is 0.325 e. The van der Waals surface area contributed by atoms with E-state index < -0.39 is 6.03 Å². The first-order chi connectivity index (χ1) is 8.90. The first kappa shape index (κ1) is 13.8. The van der Waals surface area contributed by atoms with E-state index in [1.807, 2.05) is 14.1 Å². The van der Waals surface area contributed by atoms with Gasteiger partial charge in [-0.05, 0) is 20.0 Å². The zero-order valence-electron chi connectivity index (χ0n) is 11.5. The van der Waals surface area contributed by atoms with E-state index in [-0.39, 0.29) is 24.9 Å². The van der Waals surface area contributed by atoms with Gasteiger partial charge in [0.25, 0.3) is 5.91 Å². The van der Waals surface area contributed by atoms with E-state index in [0.29, 0.717) is 25.0 Å². The van der Waals surface area contributed by atoms with E-state index >= 15 is 0 Å². The van der Waals surface area contributed by atoms with Crippen LogP contribution in [0.15, 0.2) is 0 Å². The minimum atomic E-state index is -0.477. The number of imide groups is 1. The van der Waals surface area contributed by atoms with Gasteiger partial charge in [0.05, 0.1) is 6.54 Å². The quantitative estimate of drug-likeness (QED) is 0.663. The van der Waals surface area contributed by atoms with Crippen molar-refractivity contribution in [3.63, 3.8) is 0 Å². The third kappa shape index (κ3) is 2.70. The largest absolute Gasteiger partial charge is 0.339 e. The fourth-order valence-electron chi connectivity index (χ4n) is 2.68. The molecule has 2 aliphatic rings. The molecule has 0 aliphatic carbocycles. The second-order valence-electron chi connectivity index (χ2n) is 5.45. The molecule has 0 aromatic carbocycles. The normalized spacial score (nSPS) is 27.4. The molecule has 4 amide bonds. The Hall–Kier alpha value is -1.63. The first-order valence-corrected chi connectivity index (χ1v) is 6.42. The summed E-state index contributed by atoms with van der Waals surface area (Å²) in [6, 6.07) is -0.151. The second-order valence-corrected chi connectivity index (χ2v) is 5.45. The van der Waals surface area contributed by atoms with Gasteiger partial charge in [-0.3, -0.25) is 14.5 Å². The van der Waals surface area contributed by atoms with Crippen LogP contribution in [-0.4, -0.2) is 78.9 Å².